The van der Waals surface area contributed by atoms with Crippen molar-refractivity contribution < 1.29 is 14.7 Å². The largest absolute Gasteiger partial charge is 0.480 e. The molecule has 0 saturated heterocycles. The number of aryl methyl sites for hydroxylation is 1. The first-order valence-electron chi connectivity index (χ1n) is 6.33. The number of urea groups is 1. The molecule has 1 rings (SSSR count). The van der Waals surface area contributed by atoms with E-state index < -0.39 is 17.5 Å². The van der Waals surface area contributed by atoms with Crippen molar-refractivity contribution in [3.63, 3.8) is 0 Å². The SMILES string of the molecule is Cc1csc(C(C)NC(=O)N(CC(=O)O)C(C)(C)C)n1. The summed E-state index contributed by atoms with van der Waals surface area (Å²) in [6.07, 6.45) is 0. The summed E-state index contributed by atoms with van der Waals surface area (Å²) in [5.74, 6) is -1.03. The van der Waals surface area contributed by atoms with Gasteiger partial charge in [-0.05, 0) is 34.6 Å². The molecule has 7 heteroatoms. The first-order chi connectivity index (χ1) is 9.11. The zero-order chi connectivity index (χ0) is 15.5. The highest BCUT2D eigenvalue weighted by molar-refractivity contribution is 7.09. The molecule has 0 saturated carbocycles. The lowest BCUT2D eigenvalue weighted by Gasteiger charge is -2.35. The van der Waals surface area contributed by atoms with Crippen LogP contribution in [0.15, 0.2) is 5.38 Å². The normalized spacial score (nSPS) is 12.8. The molecular formula is C13H21N3O3S. The van der Waals surface area contributed by atoms with Gasteiger partial charge in [-0.1, -0.05) is 0 Å². The molecule has 20 heavy (non-hydrogen) atoms. The minimum atomic E-state index is -1.03. The Balaban J connectivity index is 2.78. The zero-order valence-corrected chi connectivity index (χ0v) is 13.2. The maximum Gasteiger partial charge on any atom is 0.323 e. The summed E-state index contributed by atoms with van der Waals surface area (Å²) in [6.45, 7) is 8.78. The molecule has 0 fully saturated rings. The predicted octanol–water partition coefficient (Wildman–Crippen LogP) is 2.41. The van der Waals surface area contributed by atoms with Crippen LogP contribution < -0.4 is 5.32 Å². The summed E-state index contributed by atoms with van der Waals surface area (Å²) in [5.41, 5.74) is 0.338. The number of thiazole rings is 1. The van der Waals surface area contributed by atoms with Crippen molar-refractivity contribution in [1.29, 1.82) is 0 Å². The molecule has 0 spiro atoms. The summed E-state index contributed by atoms with van der Waals surface area (Å²) < 4.78 is 0. The molecule has 1 aromatic rings. The maximum atomic E-state index is 12.2. The van der Waals surface area contributed by atoms with Gasteiger partial charge < -0.3 is 15.3 Å². The third-order valence-corrected chi connectivity index (χ3v) is 3.84. The fraction of sp³-hybridized carbons (Fsp3) is 0.615. The van der Waals surface area contributed by atoms with Crippen LogP contribution in [0.5, 0.6) is 0 Å². The van der Waals surface area contributed by atoms with Gasteiger partial charge in [-0.15, -0.1) is 11.3 Å². The molecule has 0 bridgehead atoms. The van der Waals surface area contributed by atoms with Crippen molar-refractivity contribution in [3.8, 4) is 0 Å². The topological polar surface area (TPSA) is 82.5 Å². The number of nitrogens with zero attached hydrogens (tertiary/aromatic N) is 2. The molecular weight excluding hydrogens is 278 g/mol. The number of carboxylic acids is 1. The van der Waals surface area contributed by atoms with E-state index in [0.29, 0.717) is 0 Å². The van der Waals surface area contributed by atoms with Crippen LogP contribution in [0.1, 0.15) is 44.4 Å². The predicted molar refractivity (Wildman–Crippen MR) is 77.9 cm³/mol. The minimum absolute atomic E-state index is 0.250. The Morgan fingerprint density at radius 1 is 1.50 bits per heavy atom. The summed E-state index contributed by atoms with van der Waals surface area (Å²) >= 11 is 1.47. The number of hydrogen-bond donors (Lipinski definition) is 2. The third kappa shape index (κ3) is 4.48. The number of aromatic nitrogens is 1. The molecule has 1 unspecified atom stereocenters. The summed E-state index contributed by atoms with van der Waals surface area (Å²) in [4.78, 5) is 28.7. The smallest absolute Gasteiger partial charge is 0.323 e. The molecule has 0 radical (unpaired) electrons. The van der Waals surface area contributed by atoms with Gasteiger partial charge in [0.1, 0.15) is 11.6 Å². The fourth-order valence-electron chi connectivity index (χ4n) is 1.64. The zero-order valence-electron chi connectivity index (χ0n) is 12.4. The van der Waals surface area contributed by atoms with Gasteiger partial charge in [-0.3, -0.25) is 4.79 Å². The van der Waals surface area contributed by atoms with Crippen molar-refractivity contribution >= 4 is 23.3 Å². The number of carbonyl (C=O) groups excluding carboxylic acids is 1. The first kappa shape index (κ1) is 16.4. The van der Waals surface area contributed by atoms with E-state index in [1.54, 1.807) is 20.8 Å². The Hall–Kier alpha value is -1.63. The van der Waals surface area contributed by atoms with Gasteiger partial charge in [0, 0.05) is 16.6 Å². The number of hydrogen-bond acceptors (Lipinski definition) is 4. The van der Waals surface area contributed by atoms with Crippen LogP contribution in [-0.4, -0.2) is 39.1 Å². The van der Waals surface area contributed by atoms with E-state index in [-0.39, 0.29) is 12.6 Å². The van der Waals surface area contributed by atoms with Gasteiger partial charge in [0.2, 0.25) is 0 Å². The van der Waals surface area contributed by atoms with Crippen LogP contribution in [0.2, 0.25) is 0 Å². The van der Waals surface area contributed by atoms with E-state index in [1.807, 2.05) is 19.2 Å². The van der Waals surface area contributed by atoms with Gasteiger partial charge >= 0.3 is 12.0 Å². The highest BCUT2D eigenvalue weighted by atomic mass is 32.1. The quantitative estimate of drug-likeness (QED) is 0.894. The second-order valence-electron chi connectivity index (χ2n) is 5.65. The number of nitrogens with one attached hydrogen (secondary N) is 1. The fourth-order valence-corrected chi connectivity index (χ4v) is 2.45. The number of rotatable bonds is 4. The Kier molecular flexibility index (Phi) is 5.10. The molecule has 1 aromatic heterocycles. The summed E-state index contributed by atoms with van der Waals surface area (Å²) in [6, 6.07) is -0.653. The summed E-state index contributed by atoms with van der Waals surface area (Å²) in [5, 5.41) is 14.4. The Morgan fingerprint density at radius 2 is 2.10 bits per heavy atom. The van der Waals surface area contributed by atoms with Gasteiger partial charge in [0.15, 0.2) is 0 Å². The molecule has 0 aliphatic heterocycles. The van der Waals surface area contributed by atoms with E-state index in [1.165, 1.54) is 16.2 Å². The highest BCUT2D eigenvalue weighted by Gasteiger charge is 2.29. The number of carboxylic acid groups (broad SMARTS) is 1. The van der Waals surface area contributed by atoms with Gasteiger partial charge in [0.05, 0.1) is 6.04 Å². The second kappa shape index (κ2) is 6.21. The molecule has 1 atom stereocenters. The van der Waals surface area contributed by atoms with Gasteiger partial charge in [-0.25, -0.2) is 9.78 Å². The Morgan fingerprint density at radius 3 is 2.50 bits per heavy atom. The van der Waals surface area contributed by atoms with E-state index in [4.69, 9.17) is 5.11 Å². The molecule has 2 amide bonds. The number of aliphatic carboxylic acids is 1. The number of carbonyl (C=O) groups is 2. The monoisotopic (exact) mass is 299 g/mol. The first-order valence-corrected chi connectivity index (χ1v) is 7.21. The lowest BCUT2D eigenvalue weighted by atomic mass is 10.1. The van der Waals surface area contributed by atoms with Crippen molar-refractivity contribution in [1.82, 2.24) is 15.2 Å². The maximum absolute atomic E-state index is 12.2. The van der Waals surface area contributed by atoms with Crippen LogP contribution >= 0.6 is 11.3 Å². The van der Waals surface area contributed by atoms with E-state index >= 15 is 0 Å². The van der Waals surface area contributed by atoms with Crippen LogP contribution in [-0.2, 0) is 4.79 Å². The molecule has 0 aliphatic rings. The van der Waals surface area contributed by atoms with Crippen LogP contribution in [0.4, 0.5) is 4.79 Å². The minimum Gasteiger partial charge on any atom is -0.480 e. The van der Waals surface area contributed by atoms with E-state index in [0.717, 1.165) is 10.7 Å². The van der Waals surface area contributed by atoms with E-state index in [9.17, 15) is 9.59 Å². The number of amides is 2. The van der Waals surface area contributed by atoms with Crippen molar-refractivity contribution in [2.24, 2.45) is 0 Å². The van der Waals surface area contributed by atoms with Crippen LogP contribution in [0.3, 0.4) is 0 Å². The average Bonchev–Trinajstić information content (AvgIpc) is 2.71. The van der Waals surface area contributed by atoms with Gasteiger partial charge in [-0.2, -0.15) is 0 Å². The Labute approximate surface area is 122 Å². The summed E-state index contributed by atoms with van der Waals surface area (Å²) in [7, 11) is 0. The average molecular weight is 299 g/mol. The molecule has 2 N–H and O–H groups in total. The molecule has 6 nitrogen and oxygen atoms in total. The van der Waals surface area contributed by atoms with Crippen molar-refractivity contribution in [2.45, 2.75) is 46.2 Å². The third-order valence-electron chi connectivity index (χ3n) is 2.70. The van der Waals surface area contributed by atoms with Crippen LogP contribution in [0, 0.1) is 6.92 Å². The Bertz CT molecular complexity index is 493. The molecule has 0 aromatic carbocycles. The van der Waals surface area contributed by atoms with Crippen molar-refractivity contribution in [3.05, 3.63) is 16.1 Å². The van der Waals surface area contributed by atoms with Gasteiger partial charge in [0.25, 0.3) is 0 Å². The lowest BCUT2D eigenvalue weighted by Crippen LogP contribution is -2.52. The van der Waals surface area contributed by atoms with E-state index in [2.05, 4.69) is 10.3 Å². The molecule has 112 valence electrons. The van der Waals surface area contributed by atoms with Crippen molar-refractivity contribution in [2.75, 3.05) is 6.54 Å². The standard InChI is InChI=1S/C13H21N3O3S/c1-8-7-20-11(14-8)9(2)15-12(19)16(6-10(17)18)13(3,4)5/h7,9H,6H2,1-5H3,(H,15,19)(H,17,18). The molecule has 0 aliphatic carbocycles. The van der Waals surface area contributed by atoms with Crippen LogP contribution in [0.25, 0.3) is 0 Å². The second-order valence-corrected chi connectivity index (χ2v) is 6.54. The lowest BCUT2D eigenvalue weighted by molar-refractivity contribution is -0.138. The highest BCUT2D eigenvalue weighted by Crippen LogP contribution is 2.19. The molecule has 1 heterocycles.